The Kier molecular flexibility index (Phi) is 5.32. The van der Waals surface area contributed by atoms with Gasteiger partial charge in [0.2, 0.25) is 10.0 Å². The molecule has 3 aromatic rings. The maximum atomic E-state index is 13.4. The molecule has 8 nitrogen and oxygen atoms in total. The van der Waals surface area contributed by atoms with Gasteiger partial charge in [-0.3, -0.25) is 9.59 Å². The molecule has 0 aliphatic carbocycles. The highest BCUT2D eigenvalue weighted by atomic mass is 32.2. The van der Waals surface area contributed by atoms with Crippen LogP contribution in [0.4, 0.5) is 0 Å². The van der Waals surface area contributed by atoms with E-state index in [9.17, 15) is 23.1 Å². The van der Waals surface area contributed by atoms with Crippen molar-refractivity contribution in [2.24, 2.45) is 0 Å². The molecule has 0 spiro atoms. The van der Waals surface area contributed by atoms with Gasteiger partial charge in [0.05, 0.1) is 17.5 Å². The van der Waals surface area contributed by atoms with Crippen LogP contribution in [0, 0.1) is 6.92 Å². The number of aliphatic carboxylic acids is 1. The summed E-state index contributed by atoms with van der Waals surface area (Å²) in [6.45, 7) is 2.88. The Morgan fingerprint density at radius 2 is 1.74 bits per heavy atom. The Morgan fingerprint density at radius 3 is 2.45 bits per heavy atom. The van der Waals surface area contributed by atoms with E-state index in [1.165, 1.54) is 6.07 Å². The minimum atomic E-state index is -3.95. The summed E-state index contributed by atoms with van der Waals surface area (Å²) in [6.07, 6.45) is 0. The summed E-state index contributed by atoms with van der Waals surface area (Å²) in [5, 5.41) is 10.2. The number of benzene rings is 2. The molecule has 2 aromatic carbocycles. The Morgan fingerprint density at radius 1 is 1.06 bits per heavy atom. The Bertz CT molecular complexity index is 1290. The van der Waals surface area contributed by atoms with Crippen molar-refractivity contribution in [2.45, 2.75) is 31.3 Å². The van der Waals surface area contributed by atoms with Gasteiger partial charge in [-0.25, -0.2) is 8.42 Å². The van der Waals surface area contributed by atoms with Crippen LogP contribution in [-0.4, -0.2) is 47.5 Å². The number of sulfonamides is 1. The summed E-state index contributed by atoms with van der Waals surface area (Å²) in [5.74, 6) is -1.64. The van der Waals surface area contributed by atoms with Crippen LogP contribution >= 0.6 is 0 Å². The van der Waals surface area contributed by atoms with E-state index >= 15 is 0 Å². The third kappa shape index (κ3) is 3.39. The zero-order valence-electron chi connectivity index (χ0n) is 17.1. The molecule has 31 heavy (non-hydrogen) atoms. The Balaban J connectivity index is 1.99. The predicted octanol–water partition coefficient (Wildman–Crippen LogP) is 2.69. The molecule has 162 valence electrons. The summed E-state index contributed by atoms with van der Waals surface area (Å²) in [4.78, 5) is 23.9. The highest BCUT2D eigenvalue weighted by Gasteiger charge is 2.46. The normalized spacial score (nSPS) is 17.5. The van der Waals surface area contributed by atoms with E-state index in [0.717, 1.165) is 9.69 Å². The van der Waals surface area contributed by atoms with Gasteiger partial charge in [-0.15, -0.1) is 0 Å². The van der Waals surface area contributed by atoms with Crippen LogP contribution < -0.4 is 0 Å². The summed E-state index contributed by atoms with van der Waals surface area (Å²) in [7, 11) is -3.95. The molecule has 0 saturated heterocycles. The fourth-order valence-corrected chi connectivity index (χ4v) is 6.07. The first-order valence-electron chi connectivity index (χ1n) is 9.83. The van der Waals surface area contributed by atoms with Crippen molar-refractivity contribution >= 4 is 32.9 Å². The van der Waals surface area contributed by atoms with Gasteiger partial charge in [0.1, 0.15) is 13.1 Å². The van der Waals surface area contributed by atoms with E-state index in [1.54, 1.807) is 48.7 Å². The van der Waals surface area contributed by atoms with Crippen molar-refractivity contribution in [2.75, 3.05) is 13.2 Å². The van der Waals surface area contributed by atoms with Crippen molar-refractivity contribution in [1.29, 1.82) is 0 Å². The monoisotopic (exact) mass is 442 g/mol. The zero-order chi connectivity index (χ0) is 22.3. The fraction of sp³-hybridized carbons (Fsp3) is 0.273. The van der Waals surface area contributed by atoms with Gasteiger partial charge in [0.25, 0.3) is 0 Å². The lowest BCUT2D eigenvalue weighted by atomic mass is 9.96. The molecule has 1 N–H and O–H groups in total. The van der Waals surface area contributed by atoms with E-state index in [0.29, 0.717) is 22.3 Å². The molecular weight excluding hydrogens is 420 g/mol. The molecule has 2 heterocycles. The molecular formula is C22H22N2O6S. The lowest BCUT2D eigenvalue weighted by Crippen LogP contribution is -2.35. The minimum absolute atomic E-state index is 0.138. The number of carboxylic acid groups (broad SMARTS) is 1. The lowest BCUT2D eigenvalue weighted by molar-refractivity contribution is -0.143. The molecule has 1 aliphatic rings. The molecule has 1 unspecified atom stereocenters. The fourth-order valence-electron chi connectivity index (χ4n) is 4.31. The lowest BCUT2D eigenvalue weighted by Gasteiger charge is -2.23. The summed E-state index contributed by atoms with van der Waals surface area (Å²) in [6, 6.07) is 13.1. The zero-order valence-corrected chi connectivity index (χ0v) is 17.9. The van der Waals surface area contributed by atoms with Crippen molar-refractivity contribution in [3.05, 3.63) is 65.4 Å². The second-order valence-electron chi connectivity index (χ2n) is 7.29. The van der Waals surface area contributed by atoms with Gasteiger partial charge in [0.15, 0.2) is 0 Å². The van der Waals surface area contributed by atoms with Crippen LogP contribution in [0.2, 0.25) is 0 Å². The van der Waals surface area contributed by atoms with E-state index < -0.39 is 34.5 Å². The standard InChI is InChI=1S/C22H22N2O6S/c1-3-30-20(27)13-24-22(16-9-5-7-11-18(16)31(24,28)29)21-14(2)23(12-19(25)26)17-10-6-4-8-15(17)21/h4-11,22H,3,12-13H2,1-2H3,(H,25,26). The van der Waals surface area contributed by atoms with E-state index in [4.69, 9.17) is 4.74 Å². The summed E-state index contributed by atoms with van der Waals surface area (Å²) < 4.78 is 34.5. The minimum Gasteiger partial charge on any atom is -0.480 e. The smallest absolute Gasteiger partial charge is 0.323 e. The number of carboxylic acids is 1. The number of ether oxygens (including phenoxy) is 1. The van der Waals surface area contributed by atoms with Crippen molar-refractivity contribution < 1.29 is 27.9 Å². The number of hydrogen-bond donors (Lipinski definition) is 1. The van der Waals surface area contributed by atoms with Crippen LogP contribution in [0.15, 0.2) is 53.4 Å². The molecule has 1 aromatic heterocycles. The van der Waals surface area contributed by atoms with Crippen LogP contribution in [0.5, 0.6) is 0 Å². The second-order valence-corrected chi connectivity index (χ2v) is 9.15. The van der Waals surface area contributed by atoms with Crippen molar-refractivity contribution in [3.63, 3.8) is 0 Å². The molecule has 1 atom stereocenters. The topological polar surface area (TPSA) is 106 Å². The third-order valence-electron chi connectivity index (χ3n) is 5.52. The van der Waals surface area contributed by atoms with Gasteiger partial charge >= 0.3 is 11.9 Å². The number of nitrogens with zero attached hydrogens (tertiary/aromatic N) is 2. The van der Waals surface area contributed by atoms with Crippen LogP contribution in [0.25, 0.3) is 10.9 Å². The van der Waals surface area contributed by atoms with Crippen molar-refractivity contribution in [3.8, 4) is 0 Å². The van der Waals surface area contributed by atoms with Crippen molar-refractivity contribution in [1.82, 2.24) is 8.87 Å². The molecule has 0 bridgehead atoms. The average molecular weight is 442 g/mol. The first-order valence-corrected chi connectivity index (χ1v) is 11.3. The molecule has 9 heteroatoms. The summed E-state index contributed by atoms with van der Waals surface area (Å²) >= 11 is 0. The third-order valence-corrected chi connectivity index (χ3v) is 7.41. The number of rotatable bonds is 6. The maximum absolute atomic E-state index is 13.4. The van der Waals surface area contributed by atoms with Crippen LogP contribution in [-0.2, 0) is 30.9 Å². The highest BCUT2D eigenvalue weighted by Crippen LogP contribution is 2.46. The van der Waals surface area contributed by atoms with Gasteiger partial charge in [0, 0.05) is 22.2 Å². The van der Waals surface area contributed by atoms with Gasteiger partial charge in [-0.1, -0.05) is 36.4 Å². The van der Waals surface area contributed by atoms with E-state index in [-0.39, 0.29) is 18.0 Å². The van der Waals surface area contributed by atoms with Gasteiger partial charge in [-0.05, 0) is 31.5 Å². The molecule has 0 radical (unpaired) electrons. The Hall–Kier alpha value is -3.17. The summed E-state index contributed by atoms with van der Waals surface area (Å²) in [5.41, 5.74) is 2.53. The second kappa shape index (κ2) is 7.82. The molecule has 1 aliphatic heterocycles. The number of para-hydroxylation sites is 1. The number of aromatic nitrogens is 1. The molecule has 4 rings (SSSR count). The van der Waals surface area contributed by atoms with Gasteiger partial charge in [-0.2, -0.15) is 4.31 Å². The van der Waals surface area contributed by atoms with Gasteiger partial charge < -0.3 is 14.4 Å². The number of carbonyl (C=O) groups excluding carboxylic acids is 1. The number of carbonyl (C=O) groups is 2. The first kappa shape index (κ1) is 21.1. The SMILES string of the molecule is CCOC(=O)CN1C(c2c(C)n(CC(=O)O)c3ccccc23)c2ccccc2S1(=O)=O. The Labute approximate surface area is 179 Å². The average Bonchev–Trinajstić information content (AvgIpc) is 3.11. The number of esters is 1. The highest BCUT2D eigenvalue weighted by molar-refractivity contribution is 7.89. The predicted molar refractivity (Wildman–Crippen MR) is 113 cm³/mol. The number of hydrogen-bond acceptors (Lipinski definition) is 5. The quantitative estimate of drug-likeness (QED) is 0.589. The molecule has 0 saturated carbocycles. The van der Waals surface area contributed by atoms with Crippen LogP contribution in [0.3, 0.4) is 0 Å². The number of fused-ring (bicyclic) bond motifs is 2. The van der Waals surface area contributed by atoms with E-state index in [1.807, 2.05) is 12.1 Å². The maximum Gasteiger partial charge on any atom is 0.323 e. The first-order chi connectivity index (χ1) is 14.8. The molecule has 0 fully saturated rings. The van der Waals surface area contributed by atoms with E-state index in [2.05, 4.69) is 0 Å². The van der Waals surface area contributed by atoms with Crippen LogP contribution in [0.1, 0.15) is 29.8 Å². The largest absolute Gasteiger partial charge is 0.480 e. The molecule has 0 amide bonds.